The minimum Gasteiger partial charge on any atom is -0.457 e. The number of esters is 1. The van der Waals surface area contributed by atoms with Crippen molar-refractivity contribution < 1.29 is 33.7 Å². The molecule has 2 amide bonds. The molecule has 1 aliphatic heterocycles. The van der Waals surface area contributed by atoms with Crippen LogP contribution in [-0.4, -0.2) is 80.3 Å². The predicted octanol–water partition coefficient (Wildman–Crippen LogP) is 1.90. The first kappa shape index (κ1) is 31.5. The number of carbonyl (C=O) groups excluding carboxylic acids is 3. The van der Waals surface area contributed by atoms with E-state index in [1.54, 1.807) is 7.05 Å². The molecule has 9 unspecified atom stereocenters. The summed E-state index contributed by atoms with van der Waals surface area (Å²) >= 11 is 0. The summed E-state index contributed by atoms with van der Waals surface area (Å²) in [6.45, 7) is 7.51. The Kier molecular flexibility index (Phi) is 11.8. The van der Waals surface area contributed by atoms with Crippen LogP contribution in [-0.2, 0) is 28.6 Å². The number of hydrogen-bond donors (Lipinski definition) is 4. The van der Waals surface area contributed by atoms with Crippen LogP contribution in [0.4, 0.5) is 0 Å². The number of aliphatic hydroxyl groups is 1. The lowest BCUT2D eigenvalue weighted by molar-refractivity contribution is -0.232. The normalized spacial score (nSPS) is 36.6. The molecule has 0 aromatic rings. The SMILES string of the molecule is CC[C@H]1OC(C(O)NCC2C=CC(C)C3CC(CCCC(=O)NC)CC23)C(OC)[C@H](OC(C)=O)C1NC(C)=O. The quantitative estimate of drug-likeness (QED) is 0.164. The first-order chi connectivity index (χ1) is 18.6. The summed E-state index contributed by atoms with van der Waals surface area (Å²) in [5.41, 5.74) is 0. The fraction of sp³-hybridized carbons (Fsp3) is 0.828. The molecule has 10 heteroatoms. The Balaban J connectivity index is 1.66. The summed E-state index contributed by atoms with van der Waals surface area (Å²) in [5, 5.41) is 20.1. The molecule has 39 heavy (non-hydrogen) atoms. The number of allylic oxidation sites excluding steroid dienone is 1. The van der Waals surface area contributed by atoms with E-state index in [0.717, 1.165) is 19.3 Å². The zero-order chi connectivity index (χ0) is 28.7. The van der Waals surface area contributed by atoms with Gasteiger partial charge in [-0.25, -0.2) is 0 Å². The average molecular weight is 552 g/mol. The molecule has 10 nitrogen and oxygen atoms in total. The highest BCUT2D eigenvalue weighted by Crippen LogP contribution is 2.49. The molecule has 0 radical (unpaired) electrons. The van der Waals surface area contributed by atoms with Gasteiger partial charge in [0.1, 0.15) is 18.4 Å². The van der Waals surface area contributed by atoms with Crippen molar-refractivity contribution in [1.29, 1.82) is 0 Å². The van der Waals surface area contributed by atoms with E-state index in [1.807, 2.05) is 6.92 Å². The van der Waals surface area contributed by atoms with Gasteiger partial charge in [-0.2, -0.15) is 0 Å². The third-order valence-corrected chi connectivity index (χ3v) is 8.90. The van der Waals surface area contributed by atoms with Crippen LogP contribution in [0.2, 0.25) is 0 Å². The fourth-order valence-electron chi connectivity index (χ4n) is 7.00. The minimum atomic E-state index is -1.06. The molecule has 0 spiro atoms. The van der Waals surface area contributed by atoms with Gasteiger partial charge in [0.2, 0.25) is 11.8 Å². The van der Waals surface area contributed by atoms with Crippen molar-refractivity contribution in [2.75, 3.05) is 20.7 Å². The van der Waals surface area contributed by atoms with Crippen molar-refractivity contribution in [2.45, 2.75) is 103 Å². The van der Waals surface area contributed by atoms with Crippen LogP contribution in [0.3, 0.4) is 0 Å². The van der Waals surface area contributed by atoms with E-state index in [9.17, 15) is 19.5 Å². The summed E-state index contributed by atoms with van der Waals surface area (Å²) in [6, 6.07) is -0.591. The highest BCUT2D eigenvalue weighted by molar-refractivity contribution is 5.75. The summed E-state index contributed by atoms with van der Waals surface area (Å²) < 4.78 is 17.6. The fourth-order valence-corrected chi connectivity index (χ4v) is 7.00. The smallest absolute Gasteiger partial charge is 0.303 e. The predicted molar refractivity (Wildman–Crippen MR) is 146 cm³/mol. The highest BCUT2D eigenvalue weighted by atomic mass is 16.6. The lowest BCUT2D eigenvalue weighted by Crippen LogP contribution is -2.68. The second kappa shape index (κ2) is 14.6. The molecule has 0 aromatic carbocycles. The van der Waals surface area contributed by atoms with E-state index in [-0.39, 0.29) is 17.7 Å². The zero-order valence-corrected chi connectivity index (χ0v) is 24.4. The first-order valence-corrected chi connectivity index (χ1v) is 14.5. The van der Waals surface area contributed by atoms with Crippen LogP contribution in [0, 0.1) is 29.6 Å². The van der Waals surface area contributed by atoms with Crippen molar-refractivity contribution >= 4 is 17.8 Å². The number of rotatable bonds is 12. The van der Waals surface area contributed by atoms with E-state index >= 15 is 0 Å². The summed E-state index contributed by atoms with van der Waals surface area (Å²) in [6.07, 6.45) is 6.07. The van der Waals surface area contributed by atoms with Crippen molar-refractivity contribution in [3.05, 3.63) is 12.2 Å². The van der Waals surface area contributed by atoms with Gasteiger partial charge in [0, 0.05) is 41.0 Å². The molecule has 1 saturated heterocycles. The highest BCUT2D eigenvalue weighted by Gasteiger charge is 2.50. The van der Waals surface area contributed by atoms with Crippen LogP contribution in [0.15, 0.2) is 12.2 Å². The van der Waals surface area contributed by atoms with Gasteiger partial charge in [-0.3, -0.25) is 19.7 Å². The lowest BCUT2D eigenvalue weighted by Gasteiger charge is -2.47. The molecule has 2 fully saturated rings. The number of aliphatic hydroxyl groups excluding tert-OH is 1. The van der Waals surface area contributed by atoms with E-state index in [1.165, 1.54) is 27.4 Å². The standard InChI is InChI=1S/C29H49N3O7/c1-7-23-25(32-17(3)33)26(38-18(4)34)27(37-6)28(39-23)29(36)31-15-20-12-11-16(2)21-13-19(14-22(20)21)9-8-10-24(35)30-5/h11-12,16,19-23,25-29,31,36H,7-10,13-15H2,1-6H3,(H,30,35)(H,32,33)/t16?,19?,20?,21?,22?,23-,25?,26-,27?,28?,29?/m1/s1. The van der Waals surface area contributed by atoms with E-state index in [4.69, 9.17) is 14.2 Å². The van der Waals surface area contributed by atoms with Crippen molar-refractivity contribution in [1.82, 2.24) is 16.0 Å². The van der Waals surface area contributed by atoms with Gasteiger partial charge in [-0.15, -0.1) is 0 Å². The summed E-state index contributed by atoms with van der Waals surface area (Å²) in [5.74, 6) is 1.85. The minimum absolute atomic E-state index is 0.0976. The Labute approximate surface area is 233 Å². The summed E-state index contributed by atoms with van der Waals surface area (Å²) in [4.78, 5) is 35.5. The Morgan fingerprint density at radius 2 is 1.85 bits per heavy atom. The topological polar surface area (TPSA) is 135 Å². The maximum atomic E-state index is 11.9. The van der Waals surface area contributed by atoms with Crippen molar-refractivity contribution in [3.8, 4) is 0 Å². The number of methoxy groups -OCH3 is 1. The van der Waals surface area contributed by atoms with Gasteiger partial charge in [-0.1, -0.05) is 26.0 Å². The van der Waals surface area contributed by atoms with E-state index in [2.05, 4.69) is 35.0 Å². The summed E-state index contributed by atoms with van der Waals surface area (Å²) in [7, 11) is 3.17. The number of fused-ring (bicyclic) bond motifs is 1. The molecule has 0 aromatic heterocycles. The number of nitrogens with one attached hydrogen (secondary N) is 3. The third kappa shape index (κ3) is 8.02. The van der Waals surface area contributed by atoms with Crippen molar-refractivity contribution in [2.24, 2.45) is 29.6 Å². The third-order valence-electron chi connectivity index (χ3n) is 8.90. The van der Waals surface area contributed by atoms with Crippen LogP contribution in [0.1, 0.15) is 66.2 Å². The second-order valence-corrected chi connectivity index (χ2v) is 11.5. The van der Waals surface area contributed by atoms with Crippen LogP contribution < -0.4 is 16.0 Å². The van der Waals surface area contributed by atoms with Gasteiger partial charge < -0.3 is 30.0 Å². The molecule has 3 rings (SSSR count). The number of carbonyl (C=O) groups is 3. The number of ether oxygens (including phenoxy) is 3. The number of hydrogen-bond acceptors (Lipinski definition) is 8. The maximum absolute atomic E-state index is 11.9. The molecule has 222 valence electrons. The molecule has 1 heterocycles. The monoisotopic (exact) mass is 551 g/mol. The largest absolute Gasteiger partial charge is 0.457 e. The van der Waals surface area contributed by atoms with Gasteiger partial charge in [0.25, 0.3) is 0 Å². The molecule has 1 saturated carbocycles. The van der Waals surface area contributed by atoms with Crippen LogP contribution in [0.25, 0.3) is 0 Å². The Morgan fingerprint density at radius 1 is 1.13 bits per heavy atom. The zero-order valence-electron chi connectivity index (χ0n) is 24.4. The van der Waals surface area contributed by atoms with Gasteiger partial charge in [0.15, 0.2) is 6.10 Å². The van der Waals surface area contributed by atoms with Gasteiger partial charge in [-0.05, 0) is 61.7 Å². The molecule has 11 atom stereocenters. The average Bonchev–Trinajstić information content (AvgIpc) is 3.33. The lowest BCUT2D eigenvalue weighted by atomic mass is 9.73. The molecule has 0 bridgehead atoms. The van der Waals surface area contributed by atoms with Crippen LogP contribution in [0.5, 0.6) is 0 Å². The van der Waals surface area contributed by atoms with Crippen LogP contribution >= 0.6 is 0 Å². The second-order valence-electron chi connectivity index (χ2n) is 11.5. The van der Waals surface area contributed by atoms with Crippen molar-refractivity contribution in [3.63, 3.8) is 0 Å². The Hall–Kier alpha value is -2.01. The van der Waals surface area contributed by atoms with E-state index in [0.29, 0.717) is 43.1 Å². The molecule has 4 N–H and O–H groups in total. The Morgan fingerprint density at radius 3 is 2.46 bits per heavy atom. The first-order valence-electron chi connectivity index (χ1n) is 14.5. The Bertz CT molecular complexity index is 868. The van der Waals surface area contributed by atoms with E-state index < -0.39 is 42.7 Å². The molecule has 2 aliphatic carbocycles. The number of amides is 2. The molecular weight excluding hydrogens is 502 g/mol. The van der Waals surface area contributed by atoms with Gasteiger partial charge in [0.05, 0.1) is 12.1 Å². The molecule has 3 aliphatic rings. The maximum Gasteiger partial charge on any atom is 0.303 e. The molecular formula is C29H49N3O7. The van der Waals surface area contributed by atoms with Gasteiger partial charge >= 0.3 is 5.97 Å².